The number of aryl methyl sites for hydroxylation is 2. The molecule has 166 valence electrons. The van der Waals surface area contributed by atoms with E-state index in [-0.39, 0.29) is 0 Å². The normalized spacial score (nSPS) is 10.1. The molecule has 3 heterocycles. The van der Waals surface area contributed by atoms with E-state index in [1.807, 2.05) is 74.5 Å². The first-order chi connectivity index (χ1) is 17.2. The highest BCUT2D eigenvalue weighted by Crippen LogP contribution is 2.29. The molecule has 35 heavy (non-hydrogen) atoms. The Morgan fingerprint density at radius 2 is 1.03 bits per heavy atom. The Hall–Kier alpha value is -5.00. The summed E-state index contributed by atoms with van der Waals surface area (Å²) in [5, 5.41) is 8.66. The minimum atomic E-state index is 0.453. The van der Waals surface area contributed by atoms with Gasteiger partial charge in [-0.3, -0.25) is 9.97 Å². The van der Waals surface area contributed by atoms with Crippen molar-refractivity contribution >= 4 is 0 Å². The monoisotopic (exact) mass is 452 g/mol. The summed E-state index contributed by atoms with van der Waals surface area (Å²) >= 11 is 0. The molecule has 0 amide bonds. The zero-order valence-electron chi connectivity index (χ0n) is 19.3. The number of nitrogens with zero attached hydrogens (tertiary/aromatic N) is 4. The Kier molecular flexibility index (Phi) is 6.15. The maximum absolute atomic E-state index is 6.11. The quantitative estimate of drug-likeness (QED) is 0.326. The molecule has 2 aromatic carbocycles. The van der Waals surface area contributed by atoms with Gasteiger partial charge in [0.15, 0.2) is 0 Å². The summed E-state index contributed by atoms with van der Waals surface area (Å²) in [7, 11) is 0. The number of hydrogen-bond acceptors (Lipinski definition) is 5. The van der Waals surface area contributed by atoms with E-state index in [1.54, 1.807) is 24.8 Å². The molecule has 0 saturated heterocycles. The van der Waals surface area contributed by atoms with Gasteiger partial charge in [-0.25, -0.2) is 0 Å². The number of pyridine rings is 2. The van der Waals surface area contributed by atoms with Crippen molar-refractivity contribution in [3.05, 3.63) is 119 Å². The average Bonchev–Trinajstić information content (AvgIpc) is 3.39. The third kappa shape index (κ3) is 5.16. The first kappa shape index (κ1) is 21.8. The molecule has 0 bridgehead atoms. The highest BCUT2D eigenvalue weighted by molar-refractivity contribution is 5.66. The van der Waals surface area contributed by atoms with Crippen LogP contribution in [0.1, 0.15) is 33.4 Å². The summed E-state index contributed by atoms with van der Waals surface area (Å²) in [4.78, 5) is 8.20. The molecule has 0 unspecified atom stereocenters. The molecular weight excluding hydrogens is 432 g/mol. The van der Waals surface area contributed by atoms with Gasteiger partial charge >= 0.3 is 0 Å². The molecule has 5 nitrogen and oxygen atoms in total. The van der Waals surface area contributed by atoms with Gasteiger partial charge < -0.3 is 4.42 Å². The Morgan fingerprint density at radius 3 is 1.46 bits per heavy atom. The number of hydrogen-bond donors (Lipinski definition) is 0. The van der Waals surface area contributed by atoms with Crippen LogP contribution in [0.3, 0.4) is 0 Å². The molecule has 0 saturated carbocycles. The van der Waals surface area contributed by atoms with E-state index in [0.717, 1.165) is 44.5 Å². The van der Waals surface area contributed by atoms with Crippen molar-refractivity contribution in [1.29, 1.82) is 0 Å². The first-order valence-corrected chi connectivity index (χ1v) is 11.1. The van der Waals surface area contributed by atoms with Gasteiger partial charge in [0.25, 0.3) is 0 Å². The SMILES string of the molecule is Cc1ccc(C#Cc2cccnc2)cc1-c1nnc(-c2cc(C#Cc3cccnc3)ccc2C)o1. The van der Waals surface area contributed by atoms with Crippen molar-refractivity contribution in [2.24, 2.45) is 0 Å². The van der Waals surface area contributed by atoms with Gasteiger partial charge in [0, 0.05) is 58.2 Å². The van der Waals surface area contributed by atoms with E-state index < -0.39 is 0 Å². The van der Waals surface area contributed by atoms with E-state index >= 15 is 0 Å². The van der Waals surface area contributed by atoms with Gasteiger partial charge in [0.2, 0.25) is 11.8 Å². The van der Waals surface area contributed by atoms with Crippen LogP contribution in [-0.2, 0) is 0 Å². The molecule has 5 aromatic rings. The number of aromatic nitrogens is 4. The van der Waals surface area contributed by atoms with Crippen molar-refractivity contribution in [2.75, 3.05) is 0 Å². The summed E-state index contributed by atoms with van der Waals surface area (Å²) in [6.07, 6.45) is 6.94. The lowest BCUT2D eigenvalue weighted by atomic mass is 10.0. The van der Waals surface area contributed by atoms with E-state index in [0.29, 0.717) is 11.8 Å². The largest absolute Gasteiger partial charge is 0.416 e. The van der Waals surface area contributed by atoms with Gasteiger partial charge in [0.1, 0.15) is 0 Å². The standard InChI is InChI=1S/C30H20N4O/c1-21-7-9-23(11-13-25-5-3-15-31-19-25)17-27(21)29-33-34-30(35-29)28-18-24(10-8-22(28)2)12-14-26-6-4-16-32-20-26/h3-10,15-20H,1-2H3. The van der Waals surface area contributed by atoms with Crippen LogP contribution in [0.15, 0.2) is 89.9 Å². The van der Waals surface area contributed by atoms with Crippen molar-refractivity contribution in [1.82, 2.24) is 20.2 Å². The molecule has 0 N–H and O–H groups in total. The Bertz CT molecular complexity index is 1490. The maximum Gasteiger partial charge on any atom is 0.248 e. The fourth-order valence-corrected chi connectivity index (χ4v) is 3.46. The van der Waals surface area contributed by atoms with Crippen molar-refractivity contribution in [3.8, 4) is 46.6 Å². The zero-order valence-corrected chi connectivity index (χ0v) is 19.3. The molecule has 5 rings (SSSR count). The predicted molar refractivity (Wildman–Crippen MR) is 135 cm³/mol. The summed E-state index contributed by atoms with van der Waals surface area (Å²) in [6.45, 7) is 4.02. The van der Waals surface area contributed by atoms with Gasteiger partial charge in [-0.15, -0.1) is 10.2 Å². The van der Waals surface area contributed by atoms with Gasteiger partial charge in [0.05, 0.1) is 0 Å². The third-order valence-electron chi connectivity index (χ3n) is 5.39. The lowest BCUT2D eigenvalue weighted by molar-refractivity contribution is 0.583. The van der Waals surface area contributed by atoms with Crippen LogP contribution in [0.25, 0.3) is 22.9 Å². The van der Waals surface area contributed by atoms with E-state index in [2.05, 4.69) is 43.8 Å². The maximum atomic E-state index is 6.11. The van der Waals surface area contributed by atoms with Crippen LogP contribution in [0.2, 0.25) is 0 Å². The lowest BCUT2D eigenvalue weighted by Crippen LogP contribution is -1.86. The highest BCUT2D eigenvalue weighted by atomic mass is 16.4. The van der Waals surface area contributed by atoms with Crippen LogP contribution in [0.5, 0.6) is 0 Å². The molecule has 0 aliphatic rings. The van der Waals surface area contributed by atoms with Crippen molar-refractivity contribution in [2.45, 2.75) is 13.8 Å². The van der Waals surface area contributed by atoms with Gasteiger partial charge in [-0.05, 0) is 73.5 Å². The smallest absolute Gasteiger partial charge is 0.248 e. The molecule has 0 fully saturated rings. The van der Waals surface area contributed by atoms with E-state index in [1.165, 1.54) is 0 Å². The van der Waals surface area contributed by atoms with Crippen molar-refractivity contribution in [3.63, 3.8) is 0 Å². The fraction of sp³-hybridized carbons (Fsp3) is 0.0667. The van der Waals surface area contributed by atoms with Crippen molar-refractivity contribution < 1.29 is 4.42 Å². The van der Waals surface area contributed by atoms with Gasteiger partial charge in [-0.2, -0.15) is 0 Å². The topological polar surface area (TPSA) is 64.7 Å². The van der Waals surface area contributed by atoms with E-state index in [4.69, 9.17) is 4.42 Å². The summed E-state index contributed by atoms with van der Waals surface area (Å²) in [5.41, 5.74) is 7.20. The zero-order chi connectivity index (χ0) is 24.0. The van der Waals surface area contributed by atoms with Crippen LogP contribution in [0, 0.1) is 37.5 Å². The summed E-state index contributed by atoms with van der Waals surface area (Å²) in [5.74, 6) is 13.5. The molecule has 5 heteroatoms. The van der Waals surface area contributed by atoms with E-state index in [9.17, 15) is 0 Å². The Labute approximate surface area is 203 Å². The second-order valence-corrected chi connectivity index (χ2v) is 7.96. The third-order valence-corrected chi connectivity index (χ3v) is 5.39. The lowest BCUT2D eigenvalue weighted by Gasteiger charge is -2.03. The second kappa shape index (κ2) is 9.87. The molecule has 0 atom stereocenters. The minimum absolute atomic E-state index is 0.453. The highest BCUT2D eigenvalue weighted by Gasteiger charge is 2.15. The van der Waals surface area contributed by atoms with Crippen LogP contribution >= 0.6 is 0 Å². The van der Waals surface area contributed by atoms with Crippen LogP contribution in [0.4, 0.5) is 0 Å². The average molecular weight is 453 g/mol. The van der Waals surface area contributed by atoms with Gasteiger partial charge in [-0.1, -0.05) is 35.8 Å². The molecule has 0 aliphatic heterocycles. The van der Waals surface area contributed by atoms with Crippen LogP contribution in [-0.4, -0.2) is 20.2 Å². The Balaban J connectivity index is 1.45. The predicted octanol–water partition coefficient (Wildman–Crippen LogP) is 5.61. The minimum Gasteiger partial charge on any atom is -0.416 e. The molecule has 0 aliphatic carbocycles. The molecular formula is C30H20N4O. The second-order valence-electron chi connectivity index (χ2n) is 7.96. The number of rotatable bonds is 2. The molecule has 0 spiro atoms. The molecule has 0 radical (unpaired) electrons. The summed E-state index contributed by atoms with van der Waals surface area (Å²) < 4.78 is 6.11. The number of benzene rings is 2. The van der Waals surface area contributed by atoms with Crippen LogP contribution < -0.4 is 0 Å². The fourth-order valence-electron chi connectivity index (χ4n) is 3.46. The first-order valence-electron chi connectivity index (χ1n) is 11.1. The summed E-state index contributed by atoms with van der Waals surface area (Å²) in [6, 6.07) is 19.5. The molecule has 3 aromatic heterocycles. The Morgan fingerprint density at radius 1 is 0.571 bits per heavy atom.